The fourth-order valence-corrected chi connectivity index (χ4v) is 5.42. The van der Waals surface area contributed by atoms with E-state index in [0.29, 0.717) is 6.07 Å². The van der Waals surface area contributed by atoms with E-state index in [-0.39, 0.29) is 34.4 Å². The minimum atomic E-state index is -10.1. The smallest absolute Gasteiger partial charge is 0.404 e. The van der Waals surface area contributed by atoms with Gasteiger partial charge in [0.25, 0.3) is 5.91 Å². The summed E-state index contributed by atoms with van der Waals surface area (Å²) in [5.74, 6) is -2.30. The average molecular weight is 655 g/mol. The van der Waals surface area contributed by atoms with Crippen LogP contribution < -0.4 is 21.4 Å². The van der Waals surface area contributed by atoms with Gasteiger partial charge in [0.1, 0.15) is 22.3 Å². The molecule has 0 unspecified atom stereocenters. The summed E-state index contributed by atoms with van der Waals surface area (Å²) in [6.07, 6.45) is -6.56. The summed E-state index contributed by atoms with van der Waals surface area (Å²) in [5, 5.41) is 23.3. The average Bonchev–Trinajstić information content (AvgIpc) is 2.89. The van der Waals surface area contributed by atoms with Gasteiger partial charge in [0.2, 0.25) is 6.29 Å². The zero-order valence-corrected chi connectivity index (χ0v) is 24.1. The van der Waals surface area contributed by atoms with Crippen LogP contribution in [0, 0.1) is 6.92 Å². The van der Waals surface area contributed by atoms with Crippen molar-refractivity contribution in [2.24, 2.45) is 5.73 Å². The van der Waals surface area contributed by atoms with Crippen molar-refractivity contribution in [3.63, 3.8) is 0 Å². The number of carbonyl (C=O) groups is 2. The number of aromatic hydroxyl groups is 1. The van der Waals surface area contributed by atoms with Gasteiger partial charge in [-0.1, -0.05) is 25.5 Å². The number of aliphatic hydroxyl groups excluding tert-OH is 1. The number of halogens is 5. The number of hydrogen-bond acceptors (Lipinski definition) is 10. The summed E-state index contributed by atoms with van der Waals surface area (Å²) >= 11 is 0. The maximum absolute atomic E-state index is 13.2. The number of benzene rings is 2. The zero-order valence-electron chi connectivity index (χ0n) is 23.3. The Kier molecular flexibility index (Phi) is 7.61. The maximum atomic E-state index is 13.2. The highest BCUT2D eigenvalue weighted by Crippen LogP contribution is 3.02. The van der Waals surface area contributed by atoms with E-state index in [4.69, 9.17) is 29.1 Å². The van der Waals surface area contributed by atoms with Gasteiger partial charge in [-0.2, -0.15) is 0 Å². The molecule has 242 valence electrons. The van der Waals surface area contributed by atoms with Crippen molar-refractivity contribution >= 4 is 38.9 Å². The summed E-state index contributed by atoms with van der Waals surface area (Å²) in [7, 11) is -8.81. The molecular weight excluding hydrogens is 627 g/mol. The number of aliphatic hydroxyl groups is 1. The number of ether oxygens (including phenoxy) is 4. The summed E-state index contributed by atoms with van der Waals surface area (Å²) in [6.45, 7) is 4.56. The summed E-state index contributed by atoms with van der Waals surface area (Å²) in [5.41, 5.74) is 0.690. The Labute approximate surface area is 245 Å². The zero-order chi connectivity index (χ0) is 33.1. The monoisotopic (exact) mass is 654 g/mol. The van der Waals surface area contributed by atoms with Gasteiger partial charge >= 0.3 is 21.9 Å². The van der Waals surface area contributed by atoms with E-state index in [2.05, 4.69) is 0 Å². The number of amides is 2. The van der Waals surface area contributed by atoms with Gasteiger partial charge in [-0.05, 0) is 51.1 Å². The van der Waals surface area contributed by atoms with Crippen LogP contribution in [0.3, 0.4) is 0 Å². The predicted octanol–water partition coefficient (Wildman–Crippen LogP) is 5.07. The number of rotatable bonds is 7. The second-order valence-corrected chi connectivity index (χ2v) is 12.8. The topological polar surface area (TPSA) is 180 Å². The highest BCUT2D eigenvalue weighted by molar-refractivity contribution is 8.45. The van der Waals surface area contributed by atoms with Crippen molar-refractivity contribution in [3.8, 4) is 11.5 Å². The fourth-order valence-electron chi connectivity index (χ4n) is 4.74. The van der Waals surface area contributed by atoms with Crippen LogP contribution in [-0.4, -0.2) is 59.5 Å². The Hall–Kier alpha value is -4.13. The molecule has 1 saturated heterocycles. The second-order valence-electron chi connectivity index (χ2n) is 10.4. The minimum Gasteiger partial charge on any atom is -0.505 e. The van der Waals surface area contributed by atoms with Crippen LogP contribution >= 0.6 is 10.2 Å². The number of hydrogen-bond donors (Lipinski definition) is 4. The standard InChI is InChI=1S/C26H27F5N2O10S/c1-11-15(40-24-18(35)20(42-25(32)38)21(39-4)26(2,3)43-24)9-8-14-17(34)16(23(37)41-19(11)14)33-22(36)12-6-5-7-13(10-12)44(27,28,29,30)31/h5-10,18,20-21,24,34-35H,1-4H3,(H2,32,38)(H,33,36)/t18-,20+,21-,24-/m1/s1. The van der Waals surface area contributed by atoms with E-state index in [1.54, 1.807) is 13.8 Å². The molecule has 2 aromatic carbocycles. The van der Waals surface area contributed by atoms with Gasteiger partial charge in [0, 0.05) is 18.2 Å². The van der Waals surface area contributed by atoms with E-state index in [0.717, 1.165) is 6.07 Å². The highest BCUT2D eigenvalue weighted by Gasteiger charge is 2.65. The van der Waals surface area contributed by atoms with Crippen LogP contribution in [0.5, 0.6) is 11.5 Å². The second kappa shape index (κ2) is 10.2. The third kappa shape index (κ3) is 6.37. The normalized spacial score (nSPS) is 23.3. The quantitative estimate of drug-likeness (QED) is 0.198. The number of anilines is 1. The molecule has 1 aliphatic rings. The van der Waals surface area contributed by atoms with Crippen LogP contribution in [0.2, 0.25) is 0 Å². The Bertz CT molecular complexity index is 1720. The van der Waals surface area contributed by atoms with Crippen molar-refractivity contribution in [1.29, 1.82) is 0 Å². The van der Waals surface area contributed by atoms with Crippen molar-refractivity contribution in [2.45, 2.75) is 55.9 Å². The Morgan fingerprint density at radius 1 is 1.11 bits per heavy atom. The number of fused-ring (bicyclic) bond motifs is 1. The van der Waals surface area contributed by atoms with Crippen LogP contribution in [0.4, 0.5) is 29.9 Å². The molecule has 0 saturated carbocycles. The third-order valence-electron chi connectivity index (χ3n) is 6.80. The molecule has 2 amide bonds. The van der Waals surface area contributed by atoms with E-state index in [1.807, 2.05) is 5.32 Å². The van der Waals surface area contributed by atoms with Crippen LogP contribution in [0.15, 0.2) is 50.5 Å². The summed E-state index contributed by atoms with van der Waals surface area (Å²) in [4.78, 5) is 34.5. The van der Waals surface area contributed by atoms with E-state index in [9.17, 15) is 44.0 Å². The molecule has 1 aromatic heterocycles. The number of carbonyl (C=O) groups excluding carboxylic acids is 2. The lowest BCUT2D eigenvalue weighted by Crippen LogP contribution is -2.65. The van der Waals surface area contributed by atoms with Crippen molar-refractivity contribution in [3.05, 3.63) is 57.9 Å². The first-order valence-electron chi connectivity index (χ1n) is 12.5. The third-order valence-corrected chi connectivity index (χ3v) is 7.94. The lowest BCUT2D eigenvalue weighted by atomic mass is 9.89. The molecule has 0 radical (unpaired) electrons. The first kappa shape index (κ1) is 32.8. The molecule has 5 N–H and O–H groups in total. The van der Waals surface area contributed by atoms with Gasteiger partial charge in [0.05, 0.1) is 11.0 Å². The molecule has 0 aliphatic carbocycles. The highest BCUT2D eigenvalue weighted by atomic mass is 32.5. The number of primary amides is 1. The molecule has 4 atom stereocenters. The molecule has 1 aliphatic heterocycles. The van der Waals surface area contributed by atoms with Gasteiger partial charge in [-0.25, -0.2) is 9.59 Å². The Balaban J connectivity index is 1.66. The number of nitrogens with two attached hydrogens (primary N) is 1. The Morgan fingerprint density at radius 2 is 1.77 bits per heavy atom. The maximum Gasteiger partial charge on any atom is 0.404 e. The van der Waals surface area contributed by atoms with Gasteiger partial charge in [-0.15, -0.1) is 0 Å². The first-order valence-corrected chi connectivity index (χ1v) is 14.5. The molecule has 4 rings (SSSR count). The lowest BCUT2D eigenvalue weighted by molar-refractivity contribution is -0.304. The number of nitrogens with one attached hydrogen (secondary N) is 1. The number of methoxy groups -OCH3 is 1. The molecular formula is C26H27F5N2O10S. The van der Waals surface area contributed by atoms with Crippen LogP contribution in [-0.2, 0) is 14.2 Å². The van der Waals surface area contributed by atoms with E-state index < -0.39 is 79.9 Å². The first-order chi connectivity index (χ1) is 20.0. The van der Waals surface area contributed by atoms with Crippen molar-refractivity contribution in [1.82, 2.24) is 0 Å². The van der Waals surface area contributed by atoms with Crippen molar-refractivity contribution in [2.75, 3.05) is 12.4 Å². The van der Waals surface area contributed by atoms with E-state index in [1.165, 1.54) is 26.2 Å². The lowest BCUT2D eigenvalue weighted by Gasteiger charge is -2.47. The molecule has 2 heterocycles. The molecule has 1 fully saturated rings. The summed E-state index contributed by atoms with van der Waals surface area (Å²) in [6, 6.07) is 3.86. The predicted molar refractivity (Wildman–Crippen MR) is 146 cm³/mol. The van der Waals surface area contributed by atoms with Crippen molar-refractivity contribution < 1.29 is 62.6 Å². The molecule has 44 heavy (non-hydrogen) atoms. The molecule has 12 nitrogen and oxygen atoms in total. The largest absolute Gasteiger partial charge is 0.505 e. The molecule has 0 spiro atoms. The van der Waals surface area contributed by atoms with Crippen LogP contribution in [0.25, 0.3) is 11.0 Å². The molecule has 0 bridgehead atoms. The fraction of sp³-hybridized carbons (Fsp3) is 0.346. The molecule has 18 heteroatoms. The summed E-state index contributed by atoms with van der Waals surface area (Å²) < 4.78 is 93.3. The van der Waals surface area contributed by atoms with Crippen LogP contribution in [0.1, 0.15) is 29.8 Å². The van der Waals surface area contributed by atoms with Gasteiger partial charge in [0.15, 0.2) is 23.6 Å². The SMILES string of the molecule is CO[C@@H]1[C@@H](OC(N)=O)[C@@H](O)[C@H](Oc2ccc3c(O)c(NC(=O)c4cccc(S(F)(F)(F)(F)F)c4)c(=O)oc3c2C)OC1(C)C. The minimum absolute atomic E-state index is 0.0295. The van der Waals surface area contributed by atoms with E-state index >= 15 is 0 Å². The number of aryl methyl sites for hydroxylation is 1. The molecule has 3 aromatic rings. The Morgan fingerprint density at radius 3 is 2.36 bits per heavy atom. The van der Waals surface area contributed by atoms with Gasteiger partial charge < -0.3 is 44.6 Å². The van der Waals surface area contributed by atoms with Gasteiger partial charge in [-0.3, -0.25) is 4.79 Å².